The van der Waals surface area contributed by atoms with Crippen LogP contribution in [0.2, 0.25) is 0 Å². The van der Waals surface area contributed by atoms with E-state index in [1.165, 1.54) is 0 Å². The van der Waals surface area contributed by atoms with E-state index in [4.69, 9.17) is 0 Å². The maximum absolute atomic E-state index is 11.6. The number of rotatable bonds is 0. The summed E-state index contributed by atoms with van der Waals surface area (Å²) in [6.45, 7) is 2.70. The van der Waals surface area contributed by atoms with Crippen LogP contribution in [0.1, 0.15) is 17.3 Å². The van der Waals surface area contributed by atoms with Gasteiger partial charge < -0.3 is 10.6 Å². The Labute approximate surface area is 91.0 Å². The monoisotopic (exact) mass is 254 g/mol. The van der Waals surface area contributed by atoms with Crippen molar-refractivity contribution in [3.8, 4) is 0 Å². The highest BCUT2D eigenvalue weighted by molar-refractivity contribution is 9.10. The molecule has 0 fully saturated rings. The Kier molecular flexibility index (Phi) is 2.46. The molecule has 0 aliphatic carbocycles. The molecule has 0 saturated heterocycles. The molecule has 4 heteroatoms. The summed E-state index contributed by atoms with van der Waals surface area (Å²) in [6.07, 6.45) is 0. The van der Waals surface area contributed by atoms with Crippen molar-refractivity contribution < 1.29 is 4.79 Å². The van der Waals surface area contributed by atoms with Crippen LogP contribution >= 0.6 is 15.9 Å². The third-order valence-electron chi connectivity index (χ3n) is 2.20. The second kappa shape index (κ2) is 3.61. The second-order valence-corrected chi connectivity index (χ2v) is 4.36. The number of carbonyl (C=O) groups is 1. The maximum Gasteiger partial charge on any atom is 0.253 e. The molecule has 1 aromatic carbocycles. The van der Waals surface area contributed by atoms with Crippen molar-refractivity contribution in [1.82, 2.24) is 5.32 Å². The summed E-state index contributed by atoms with van der Waals surface area (Å²) in [5.74, 6) is -0.00986. The quantitative estimate of drug-likeness (QED) is 0.744. The summed E-state index contributed by atoms with van der Waals surface area (Å²) in [4.78, 5) is 11.6. The summed E-state index contributed by atoms with van der Waals surface area (Å²) in [5.41, 5.74) is 1.60. The Morgan fingerprint density at radius 3 is 3.07 bits per heavy atom. The Bertz CT molecular complexity index is 378. The summed E-state index contributed by atoms with van der Waals surface area (Å²) < 4.78 is 0.977. The first-order valence-corrected chi connectivity index (χ1v) is 5.30. The van der Waals surface area contributed by atoms with E-state index < -0.39 is 0 Å². The molecule has 1 heterocycles. The van der Waals surface area contributed by atoms with Gasteiger partial charge in [0.1, 0.15) is 0 Å². The molecule has 1 unspecified atom stereocenters. The van der Waals surface area contributed by atoms with Gasteiger partial charge >= 0.3 is 0 Å². The molecule has 0 radical (unpaired) electrons. The van der Waals surface area contributed by atoms with Gasteiger partial charge in [-0.05, 0) is 25.1 Å². The van der Waals surface area contributed by atoms with Gasteiger partial charge in [0.2, 0.25) is 0 Å². The minimum Gasteiger partial charge on any atom is -0.380 e. The Balaban J connectivity index is 2.47. The number of benzene rings is 1. The topological polar surface area (TPSA) is 41.1 Å². The number of hydrogen-bond acceptors (Lipinski definition) is 2. The third kappa shape index (κ3) is 1.75. The minimum atomic E-state index is -0.00986. The minimum absolute atomic E-state index is 0.00986. The van der Waals surface area contributed by atoms with Crippen molar-refractivity contribution in [3.05, 3.63) is 28.2 Å². The lowest BCUT2D eigenvalue weighted by Crippen LogP contribution is -2.30. The van der Waals surface area contributed by atoms with E-state index in [2.05, 4.69) is 26.6 Å². The molecule has 0 bridgehead atoms. The molecular formula is C10H11BrN2O. The van der Waals surface area contributed by atoms with E-state index in [0.717, 1.165) is 10.2 Å². The lowest BCUT2D eigenvalue weighted by Gasteiger charge is -2.11. The van der Waals surface area contributed by atoms with E-state index in [9.17, 15) is 4.79 Å². The van der Waals surface area contributed by atoms with E-state index >= 15 is 0 Å². The molecule has 1 atom stereocenters. The zero-order valence-corrected chi connectivity index (χ0v) is 9.39. The lowest BCUT2D eigenvalue weighted by atomic mass is 10.1. The second-order valence-electron chi connectivity index (χ2n) is 3.45. The van der Waals surface area contributed by atoms with Crippen LogP contribution in [0.25, 0.3) is 0 Å². The molecule has 0 saturated carbocycles. The van der Waals surface area contributed by atoms with Crippen LogP contribution in [0.5, 0.6) is 0 Å². The van der Waals surface area contributed by atoms with Crippen molar-refractivity contribution >= 4 is 27.5 Å². The number of anilines is 1. The highest BCUT2D eigenvalue weighted by atomic mass is 79.9. The van der Waals surface area contributed by atoms with Gasteiger partial charge in [0.15, 0.2) is 0 Å². The molecule has 2 N–H and O–H groups in total. The SMILES string of the molecule is CC1CNC(=O)c2ccc(Br)cc2N1. The van der Waals surface area contributed by atoms with Crippen LogP contribution in [0.15, 0.2) is 22.7 Å². The molecule has 3 nitrogen and oxygen atoms in total. The zero-order chi connectivity index (χ0) is 10.1. The van der Waals surface area contributed by atoms with Crippen LogP contribution in [0.4, 0.5) is 5.69 Å². The van der Waals surface area contributed by atoms with E-state index in [1.807, 2.05) is 25.1 Å². The van der Waals surface area contributed by atoms with Crippen LogP contribution in [-0.4, -0.2) is 18.5 Å². The zero-order valence-electron chi connectivity index (χ0n) is 7.80. The summed E-state index contributed by atoms with van der Waals surface area (Å²) in [5, 5.41) is 6.13. The average Bonchev–Trinajstić information content (AvgIpc) is 2.26. The maximum atomic E-state index is 11.6. The average molecular weight is 255 g/mol. The molecule has 0 spiro atoms. The Morgan fingerprint density at radius 1 is 1.50 bits per heavy atom. The van der Waals surface area contributed by atoms with Crippen molar-refractivity contribution in [2.24, 2.45) is 0 Å². The number of nitrogens with one attached hydrogen (secondary N) is 2. The third-order valence-corrected chi connectivity index (χ3v) is 2.69. The van der Waals surface area contributed by atoms with Crippen LogP contribution in [-0.2, 0) is 0 Å². The molecule has 1 aromatic rings. The highest BCUT2D eigenvalue weighted by Gasteiger charge is 2.17. The van der Waals surface area contributed by atoms with Gasteiger partial charge in [-0.1, -0.05) is 15.9 Å². The molecule has 0 aromatic heterocycles. The fraction of sp³-hybridized carbons (Fsp3) is 0.300. The van der Waals surface area contributed by atoms with Crippen molar-refractivity contribution in [3.63, 3.8) is 0 Å². The molecule has 1 aliphatic rings. The summed E-state index contributed by atoms with van der Waals surface area (Å²) >= 11 is 3.38. The van der Waals surface area contributed by atoms with Gasteiger partial charge in [0.05, 0.1) is 5.56 Å². The fourth-order valence-electron chi connectivity index (χ4n) is 1.49. The molecular weight excluding hydrogens is 244 g/mol. The summed E-state index contributed by atoms with van der Waals surface area (Å²) in [7, 11) is 0. The standard InChI is InChI=1S/C10H11BrN2O/c1-6-5-12-10(14)8-3-2-7(11)4-9(8)13-6/h2-4,6,13H,5H2,1H3,(H,12,14). The smallest absolute Gasteiger partial charge is 0.253 e. The first kappa shape index (κ1) is 9.52. The van der Waals surface area contributed by atoms with E-state index in [0.29, 0.717) is 12.1 Å². The Morgan fingerprint density at radius 2 is 2.29 bits per heavy atom. The van der Waals surface area contributed by atoms with Crippen LogP contribution < -0.4 is 10.6 Å². The van der Waals surface area contributed by atoms with Gasteiger partial charge in [0, 0.05) is 22.7 Å². The highest BCUT2D eigenvalue weighted by Crippen LogP contribution is 2.23. The van der Waals surface area contributed by atoms with Gasteiger partial charge in [-0.15, -0.1) is 0 Å². The van der Waals surface area contributed by atoms with Crippen molar-refractivity contribution in [1.29, 1.82) is 0 Å². The first-order chi connectivity index (χ1) is 6.66. The summed E-state index contributed by atoms with van der Waals surface area (Å²) in [6, 6.07) is 5.88. The van der Waals surface area contributed by atoms with Crippen LogP contribution in [0.3, 0.4) is 0 Å². The normalized spacial score (nSPS) is 20.4. The predicted octanol–water partition coefficient (Wildman–Crippen LogP) is 1.99. The Hall–Kier alpha value is -1.03. The first-order valence-electron chi connectivity index (χ1n) is 4.51. The van der Waals surface area contributed by atoms with Crippen molar-refractivity contribution in [2.45, 2.75) is 13.0 Å². The van der Waals surface area contributed by atoms with Crippen LogP contribution in [0, 0.1) is 0 Å². The van der Waals surface area contributed by atoms with Gasteiger partial charge in [-0.3, -0.25) is 4.79 Å². The molecule has 2 rings (SSSR count). The molecule has 74 valence electrons. The number of hydrogen-bond donors (Lipinski definition) is 2. The largest absolute Gasteiger partial charge is 0.380 e. The van der Waals surface area contributed by atoms with Gasteiger partial charge in [-0.25, -0.2) is 0 Å². The van der Waals surface area contributed by atoms with E-state index in [-0.39, 0.29) is 11.9 Å². The number of amides is 1. The van der Waals surface area contributed by atoms with Gasteiger partial charge in [0.25, 0.3) is 5.91 Å². The van der Waals surface area contributed by atoms with E-state index in [1.54, 1.807) is 0 Å². The number of carbonyl (C=O) groups excluding carboxylic acids is 1. The predicted molar refractivity (Wildman–Crippen MR) is 59.6 cm³/mol. The molecule has 14 heavy (non-hydrogen) atoms. The molecule has 1 amide bonds. The van der Waals surface area contributed by atoms with Crippen molar-refractivity contribution in [2.75, 3.05) is 11.9 Å². The number of fused-ring (bicyclic) bond motifs is 1. The fourth-order valence-corrected chi connectivity index (χ4v) is 1.85. The number of halogens is 1. The van der Waals surface area contributed by atoms with Gasteiger partial charge in [-0.2, -0.15) is 0 Å². The lowest BCUT2D eigenvalue weighted by molar-refractivity contribution is 0.0956. The molecule has 1 aliphatic heterocycles.